The van der Waals surface area contributed by atoms with E-state index in [1.54, 1.807) is 6.08 Å². The van der Waals surface area contributed by atoms with E-state index in [1.165, 1.54) is 17.2 Å². The molecule has 1 N–H and O–H groups in total. The second-order valence-corrected chi connectivity index (χ2v) is 8.59. The van der Waals surface area contributed by atoms with E-state index in [1.807, 2.05) is 30.3 Å². The minimum Gasteiger partial charge on any atom is -0.381 e. The number of benzene rings is 2. The molecule has 1 fully saturated rings. The van der Waals surface area contributed by atoms with Crippen LogP contribution in [0.2, 0.25) is 0 Å². The molecule has 1 saturated heterocycles. The summed E-state index contributed by atoms with van der Waals surface area (Å²) in [5.41, 5.74) is 5.92. The molecule has 5 heteroatoms. The second-order valence-electron chi connectivity index (χ2n) is 8.59. The number of amides is 1. The molecule has 1 amide bonds. The molecular formula is C28H31N3O2. The Bertz CT molecular complexity index is 1080. The van der Waals surface area contributed by atoms with Crippen molar-refractivity contribution in [3.8, 4) is 11.3 Å². The Morgan fingerprint density at radius 2 is 1.79 bits per heavy atom. The molecule has 2 heterocycles. The summed E-state index contributed by atoms with van der Waals surface area (Å²) >= 11 is 0. The molecule has 0 atom stereocenters. The maximum absolute atomic E-state index is 12.4. The zero-order chi connectivity index (χ0) is 23.0. The summed E-state index contributed by atoms with van der Waals surface area (Å²) < 4.78 is 5.45. The van der Waals surface area contributed by atoms with Gasteiger partial charge in [0.05, 0.1) is 11.4 Å². The molecule has 0 aliphatic carbocycles. The normalized spacial score (nSPS) is 14.6. The van der Waals surface area contributed by atoms with Crippen molar-refractivity contribution in [3.05, 3.63) is 89.6 Å². The molecule has 170 valence electrons. The number of nitrogens with zero attached hydrogens (tertiary/aromatic N) is 2. The van der Waals surface area contributed by atoms with Crippen molar-refractivity contribution in [2.45, 2.75) is 32.4 Å². The summed E-state index contributed by atoms with van der Waals surface area (Å²) in [4.78, 5) is 19.4. The number of aromatic nitrogens is 1. The first kappa shape index (κ1) is 22.9. The SMILES string of the molecule is Cc1ccc(-c2cccc(C=CC(=O)Nc3ccc(CN(C)C4CCOCC4)cc3)n2)cc1. The molecule has 0 bridgehead atoms. The standard InChI is InChI=1S/C28H31N3O2/c1-21-6-10-23(11-7-21)27-5-3-4-24(29-27)14-15-28(32)30-25-12-8-22(9-13-25)20-31(2)26-16-18-33-19-17-26/h3-15,26H,16-20H2,1-2H3,(H,30,32). The maximum Gasteiger partial charge on any atom is 0.248 e. The number of anilines is 1. The molecule has 0 spiro atoms. The van der Waals surface area contributed by atoms with Gasteiger partial charge in [0.2, 0.25) is 5.91 Å². The topological polar surface area (TPSA) is 54.5 Å². The van der Waals surface area contributed by atoms with Gasteiger partial charge in [0.25, 0.3) is 0 Å². The van der Waals surface area contributed by atoms with Crippen LogP contribution in [0.3, 0.4) is 0 Å². The Hall–Kier alpha value is -3.28. The van der Waals surface area contributed by atoms with Crippen LogP contribution in [0.25, 0.3) is 17.3 Å². The fourth-order valence-corrected chi connectivity index (χ4v) is 4.01. The van der Waals surface area contributed by atoms with Crippen LogP contribution >= 0.6 is 0 Å². The smallest absolute Gasteiger partial charge is 0.248 e. The summed E-state index contributed by atoms with van der Waals surface area (Å²) in [7, 11) is 2.17. The van der Waals surface area contributed by atoms with E-state index in [9.17, 15) is 4.79 Å². The molecule has 2 aromatic carbocycles. The van der Waals surface area contributed by atoms with Crippen molar-refractivity contribution >= 4 is 17.7 Å². The minimum atomic E-state index is -0.176. The van der Waals surface area contributed by atoms with Gasteiger partial charge in [0, 0.05) is 43.1 Å². The van der Waals surface area contributed by atoms with Crippen LogP contribution in [0, 0.1) is 6.92 Å². The molecule has 3 aromatic rings. The number of rotatable bonds is 7. The van der Waals surface area contributed by atoms with Gasteiger partial charge in [-0.3, -0.25) is 9.69 Å². The third-order valence-corrected chi connectivity index (χ3v) is 5.99. The molecule has 4 rings (SSSR count). The third kappa shape index (κ3) is 6.60. The Morgan fingerprint density at radius 3 is 2.52 bits per heavy atom. The van der Waals surface area contributed by atoms with Gasteiger partial charge in [-0.15, -0.1) is 0 Å². The van der Waals surface area contributed by atoms with E-state index in [2.05, 4.69) is 65.6 Å². The van der Waals surface area contributed by atoms with Crippen molar-refractivity contribution < 1.29 is 9.53 Å². The van der Waals surface area contributed by atoms with Crippen molar-refractivity contribution in [2.24, 2.45) is 0 Å². The number of hydrogen-bond acceptors (Lipinski definition) is 4. The second kappa shape index (κ2) is 11.0. The molecule has 1 aliphatic heterocycles. The van der Waals surface area contributed by atoms with Gasteiger partial charge >= 0.3 is 0 Å². The lowest BCUT2D eigenvalue weighted by Crippen LogP contribution is -2.36. The Labute approximate surface area is 196 Å². The highest BCUT2D eigenvalue weighted by atomic mass is 16.5. The van der Waals surface area contributed by atoms with Gasteiger partial charge in [-0.2, -0.15) is 0 Å². The van der Waals surface area contributed by atoms with Crippen LogP contribution in [0.4, 0.5) is 5.69 Å². The predicted octanol–water partition coefficient (Wildman–Crippen LogP) is 5.32. The number of ether oxygens (including phenoxy) is 1. The average molecular weight is 442 g/mol. The van der Waals surface area contributed by atoms with Crippen molar-refractivity contribution in [3.63, 3.8) is 0 Å². The van der Waals surface area contributed by atoms with Crippen LogP contribution in [-0.2, 0) is 16.1 Å². The minimum absolute atomic E-state index is 0.176. The van der Waals surface area contributed by atoms with Crippen molar-refractivity contribution in [1.82, 2.24) is 9.88 Å². The molecule has 0 saturated carbocycles. The first-order valence-electron chi connectivity index (χ1n) is 11.5. The van der Waals surface area contributed by atoms with Gasteiger partial charge in [-0.25, -0.2) is 4.98 Å². The lowest BCUT2D eigenvalue weighted by atomic mass is 10.1. The summed E-state index contributed by atoms with van der Waals surface area (Å²) in [6.45, 7) is 4.65. The monoisotopic (exact) mass is 441 g/mol. The van der Waals surface area contributed by atoms with Crippen LogP contribution in [0.1, 0.15) is 29.7 Å². The number of carbonyl (C=O) groups is 1. The molecule has 0 unspecified atom stereocenters. The van der Waals surface area contributed by atoms with E-state index in [4.69, 9.17) is 4.74 Å². The van der Waals surface area contributed by atoms with Gasteiger partial charge in [-0.05, 0) is 62.7 Å². The van der Waals surface area contributed by atoms with Crippen LogP contribution < -0.4 is 5.32 Å². The number of pyridine rings is 1. The van der Waals surface area contributed by atoms with Gasteiger partial charge in [0.1, 0.15) is 0 Å². The van der Waals surface area contributed by atoms with E-state index in [-0.39, 0.29) is 5.91 Å². The van der Waals surface area contributed by atoms with Gasteiger partial charge < -0.3 is 10.1 Å². The van der Waals surface area contributed by atoms with Crippen LogP contribution in [-0.4, -0.2) is 42.1 Å². The molecule has 0 radical (unpaired) electrons. The largest absolute Gasteiger partial charge is 0.381 e. The maximum atomic E-state index is 12.4. The Balaban J connectivity index is 1.32. The fraction of sp³-hybridized carbons (Fsp3) is 0.286. The highest BCUT2D eigenvalue weighted by molar-refractivity contribution is 6.01. The summed E-state index contributed by atoms with van der Waals surface area (Å²) in [5.74, 6) is -0.176. The van der Waals surface area contributed by atoms with Crippen LogP contribution in [0.15, 0.2) is 72.8 Å². The van der Waals surface area contributed by atoms with Crippen LogP contribution in [0.5, 0.6) is 0 Å². The third-order valence-electron chi connectivity index (χ3n) is 5.99. The lowest BCUT2D eigenvalue weighted by Gasteiger charge is -2.31. The van der Waals surface area contributed by atoms with E-state index < -0.39 is 0 Å². The Morgan fingerprint density at radius 1 is 1.06 bits per heavy atom. The zero-order valence-electron chi connectivity index (χ0n) is 19.3. The molecule has 33 heavy (non-hydrogen) atoms. The lowest BCUT2D eigenvalue weighted by molar-refractivity contribution is -0.111. The summed E-state index contributed by atoms with van der Waals surface area (Å²) in [6, 6.07) is 22.7. The quantitative estimate of drug-likeness (QED) is 0.504. The van der Waals surface area contributed by atoms with E-state index in [0.29, 0.717) is 6.04 Å². The summed E-state index contributed by atoms with van der Waals surface area (Å²) in [6.07, 6.45) is 5.43. The van der Waals surface area contributed by atoms with Gasteiger partial charge in [-0.1, -0.05) is 48.0 Å². The molecule has 1 aliphatic rings. The predicted molar refractivity (Wildman–Crippen MR) is 134 cm³/mol. The highest BCUT2D eigenvalue weighted by Crippen LogP contribution is 2.19. The summed E-state index contributed by atoms with van der Waals surface area (Å²) in [5, 5.41) is 2.92. The number of nitrogens with one attached hydrogen (secondary N) is 1. The number of hydrogen-bond donors (Lipinski definition) is 1. The number of carbonyl (C=O) groups excluding carboxylic acids is 1. The molecular weight excluding hydrogens is 410 g/mol. The Kier molecular flexibility index (Phi) is 7.66. The fourth-order valence-electron chi connectivity index (χ4n) is 4.01. The number of aryl methyl sites for hydroxylation is 1. The van der Waals surface area contributed by atoms with Crippen molar-refractivity contribution in [1.29, 1.82) is 0 Å². The van der Waals surface area contributed by atoms with Crippen molar-refractivity contribution in [2.75, 3.05) is 25.6 Å². The molecule has 5 nitrogen and oxygen atoms in total. The van der Waals surface area contributed by atoms with Gasteiger partial charge in [0.15, 0.2) is 0 Å². The van der Waals surface area contributed by atoms with E-state index in [0.717, 1.165) is 55.2 Å². The zero-order valence-corrected chi connectivity index (χ0v) is 19.3. The highest BCUT2D eigenvalue weighted by Gasteiger charge is 2.18. The first-order valence-corrected chi connectivity index (χ1v) is 11.5. The average Bonchev–Trinajstić information content (AvgIpc) is 2.85. The van der Waals surface area contributed by atoms with E-state index >= 15 is 0 Å². The molecule has 1 aromatic heterocycles. The first-order chi connectivity index (χ1) is 16.1.